The normalized spacial score (nSPS) is 16.6. The Morgan fingerprint density at radius 2 is 2.00 bits per heavy atom. The molecule has 0 aliphatic heterocycles. The third-order valence-corrected chi connectivity index (χ3v) is 5.92. The van der Waals surface area contributed by atoms with Crippen molar-refractivity contribution in [1.82, 2.24) is 9.55 Å². The third-order valence-electron chi connectivity index (χ3n) is 4.86. The quantitative estimate of drug-likeness (QED) is 0.521. The number of aromatic amines is 1. The second-order valence-corrected chi connectivity index (χ2v) is 7.56. The molecule has 134 valence electrons. The van der Waals surface area contributed by atoms with E-state index in [4.69, 9.17) is 40.2 Å². The van der Waals surface area contributed by atoms with Crippen molar-refractivity contribution in [1.29, 1.82) is 0 Å². The number of ether oxygens (including phenoxy) is 1. The summed E-state index contributed by atoms with van der Waals surface area (Å²) in [7, 11) is 1.37. The summed E-state index contributed by atoms with van der Waals surface area (Å²) < 4.78 is 7.31. The highest BCUT2D eigenvalue weighted by atomic mass is 35.5. The minimum Gasteiger partial charge on any atom is -0.464 e. The van der Waals surface area contributed by atoms with E-state index in [0.717, 1.165) is 18.4 Å². The average Bonchev–Trinajstić information content (AvgIpc) is 3.00. The van der Waals surface area contributed by atoms with E-state index in [1.165, 1.54) is 26.4 Å². The molecule has 7 heteroatoms. The number of esters is 1. The predicted molar refractivity (Wildman–Crippen MR) is 102 cm³/mol. The molecule has 1 fully saturated rings. The van der Waals surface area contributed by atoms with Gasteiger partial charge in [0.05, 0.1) is 23.2 Å². The van der Waals surface area contributed by atoms with Gasteiger partial charge in [-0.15, -0.1) is 0 Å². The molecular weight excluding hydrogens is 379 g/mol. The Balaban J connectivity index is 2.14. The van der Waals surface area contributed by atoms with Gasteiger partial charge in [-0.3, -0.25) is 0 Å². The lowest BCUT2D eigenvalue weighted by atomic mass is 9.81. The average molecular weight is 399 g/mol. The number of aromatic nitrogens is 2. The van der Waals surface area contributed by atoms with Crippen LogP contribution in [0.25, 0.3) is 0 Å². The zero-order valence-electron chi connectivity index (χ0n) is 13.9. The van der Waals surface area contributed by atoms with Crippen molar-refractivity contribution in [3.63, 3.8) is 0 Å². The third kappa shape index (κ3) is 3.78. The lowest BCUT2D eigenvalue weighted by Gasteiger charge is -2.32. The molecule has 0 amide bonds. The van der Waals surface area contributed by atoms with Crippen molar-refractivity contribution in [2.45, 2.75) is 38.1 Å². The van der Waals surface area contributed by atoms with Crippen LogP contribution in [-0.2, 0) is 4.74 Å². The first-order valence-corrected chi connectivity index (χ1v) is 9.52. The molecule has 1 aromatic carbocycles. The fourth-order valence-electron chi connectivity index (χ4n) is 3.69. The number of nitrogens with zero attached hydrogens (tertiary/aromatic N) is 1. The molecule has 1 aliphatic rings. The molecule has 0 saturated heterocycles. The van der Waals surface area contributed by atoms with Crippen LogP contribution < -0.4 is 0 Å². The van der Waals surface area contributed by atoms with Gasteiger partial charge in [0.1, 0.15) is 5.69 Å². The Kier molecular flexibility index (Phi) is 5.87. The molecular formula is C18H20Cl2N2O2S. The van der Waals surface area contributed by atoms with Crippen LogP contribution >= 0.6 is 35.4 Å². The van der Waals surface area contributed by atoms with E-state index in [2.05, 4.69) is 4.98 Å². The van der Waals surface area contributed by atoms with E-state index in [1.54, 1.807) is 12.3 Å². The molecule has 25 heavy (non-hydrogen) atoms. The second-order valence-electron chi connectivity index (χ2n) is 6.36. The van der Waals surface area contributed by atoms with Crippen molar-refractivity contribution in [2.24, 2.45) is 5.92 Å². The van der Waals surface area contributed by atoms with Crippen molar-refractivity contribution in [3.05, 3.63) is 50.5 Å². The zero-order chi connectivity index (χ0) is 18.0. The fourth-order valence-corrected chi connectivity index (χ4v) is 4.27. The molecule has 1 atom stereocenters. The number of halogens is 2. The minimum atomic E-state index is -0.409. The summed E-state index contributed by atoms with van der Waals surface area (Å²) in [5.74, 6) is -0.0369. The number of methoxy groups -OCH3 is 1. The summed E-state index contributed by atoms with van der Waals surface area (Å²) in [5.41, 5.74) is 1.43. The SMILES string of the molecule is COC(=O)c1c[nH]c(=S)n1C(c1ccc(Cl)c(Cl)c1)C1CCCCC1. The van der Waals surface area contributed by atoms with Crippen LogP contribution in [0.15, 0.2) is 24.4 Å². The van der Waals surface area contributed by atoms with E-state index < -0.39 is 5.97 Å². The lowest BCUT2D eigenvalue weighted by molar-refractivity contribution is 0.0584. The Bertz CT molecular complexity index is 825. The van der Waals surface area contributed by atoms with Crippen LogP contribution in [0.2, 0.25) is 10.0 Å². The first kappa shape index (κ1) is 18.5. The van der Waals surface area contributed by atoms with E-state index in [-0.39, 0.29) is 6.04 Å². The topological polar surface area (TPSA) is 47.0 Å². The van der Waals surface area contributed by atoms with Crippen molar-refractivity contribution >= 4 is 41.4 Å². The first-order chi connectivity index (χ1) is 12.0. The number of carbonyl (C=O) groups excluding carboxylic acids is 1. The van der Waals surface area contributed by atoms with Crippen LogP contribution in [0.4, 0.5) is 0 Å². The molecule has 0 bridgehead atoms. The van der Waals surface area contributed by atoms with E-state index >= 15 is 0 Å². The van der Waals surface area contributed by atoms with Crippen molar-refractivity contribution < 1.29 is 9.53 Å². The number of hydrogen-bond donors (Lipinski definition) is 1. The number of hydrogen-bond acceptors (Lipinski definition) is 3. The number of benzene rings is 1. The van der Waals surface area contributed by atoms with Crippen LogP contribution in [0.5, 0.6) is 0 Å². The predicted octanol–water partition coefficient (Wildman–Crippen LogP) is 5.81. The summed E-state index contributed by atoms with van der Waals surface area (Å²) in [4.78, 5) is 15.2. The summed E-state index contributed by atoms with van der Waals surface area (Å²) in [6, 6.07) is 5.55. The molecule has 0 radical (unpaired) electrons. The van der Waals surface area contributed by atoms with E-state index in [9.17, 15) is 4.79 Å². The maximum absolute atomic E-state index is 12.2. The minimum absolute atomic E-state index is 0.0806. The Morgan fingerprint density at radius 1 is 1.28 bits per heavy atom. The number of nitrogens with one attached hydrogen (secondary N) is 1. The van der Waals surface area contributed by atoms with Gasteiger partial charge in [-0.2, -0.15) is 0 Å². The van der Waals surface area contributed by atoms with Gasteiger partial charge in [-0.05, 0) is 48.7 Å². The molecule has 1 heterocycles. The Labute approximate surface area is 162 Å². The van der Waals surface area contributed by atoms with Gasteiger partial charge >= 0.3 is 5.97 Å². The van der Waals surface area contributed by atoms with Crippen LogP contribution in [0.1, 0.15) is 54.2 Å². The van der Waals surface area contributed by atoms with Crippen LogP contribution in [-0.4, -0.2) is 22.6 Å². The Hall–Kier alpha value is -1.30. The standard InChI is InChI=1S/C18H20Cl2N2O2S/c1-24-17(23)15-10-21-18(25)22(15)16(11-5-3-2-4-6-11)12-7-8-13(19)14(20)9-12/h7-11,16H,2-6H2,1H3,(H,21,25). The molecule has 3 rings (SSSR count). The summed E-state index contributed by atoms with van der Waals surface area (Å²) in [6.45, 7) is 0. The highest BCUT2D eigenvalue weighted by Gasteiger charge is 2.30. The molecule has 1 aromatic heterocycles. The zero-order valence-corrected chi connectivity index (χ0v) is 16.3. The monoisotopic (exact) mass is 398 g/mol. The van der Waals surface area contributed by atoms with Crippen LogP contribution in [0, 0.1) is 10.7 Å². The molecule has 1 saturated carbocycles. The fraction of sp³-hybridized carbons (Fsp3) is 0.444. The Morgan fingerprint density at radius 3 is 2.64 bits per heavy atom. The highest BCUT2D eigenvalue weighted by Crippen LogP contribution is 2.39. The molecule has 0 spiro atoms. The van der Waals surface area contributed by atoms with Crippen molar-refractivity contribution in [2.75, 3.05) is 7.11 Å². The molecule has 2 aromatic rings. The summed E-state index contributed by atoms with van der Waals surface area (Å²) >= 11 is 17.8. The first-order valence-electron chi connectivity index (χ1n) is 8.36. The van der Waals surface area contributed by atoms with Gasteiger partial charge in [0.25, 0.3) is 0 Å². The lowest BCUT2D eigenvalue weighted by Crippen LogP contribution is -2.26. The van der Waals surface area contributed by atoms with Crippen molar-refractivity contribution in [3.8, 4) is 0 Å². The molecule has 1 aliphatic carbocycles. The summed E-state index contributed by atoms with van der Waals surface area (Å²) in [5, 5.41) is 1.01. The van der Waals surface area contributed by atoms with Gasteiger partial charge < -0.3 is 14.3 Å². The highest BCUT2D eigenvalue weighted by molar-refractivity contribution is 7.71. The van der Waals surface area contributed by atoms with Gasteiger partial charge in [-0.25, -0.2) is 4.79 Å². The number of H-pyrrole nitrogens is 1. The van der Waals surface area contributed by atoms with E-state index in [0.29, 0.717) is 26.4 Å². The summed E-state index contributed by atoms with van der Waals surface area (Å²) in [6.07, 6.45) is 7.37. The molecule has 1 N–H and O–H groups in total. The van der Waals surface area contributed by atoms with Gasteiger partial charge in [0.2, 0.25) is 0 Å². The van der Waals surface area contributed by atoms with Gasteiger partial charge in [0.15, 0.2) is 4.77 Å². The molecule has 1 unspecified atom stereocenters. The smallest absolute Gasteiger partial charge is 0.356 e. The van der Waals surface area contributed by atoms with Gasteiger partial charge in [-0.1, -0.05) is 48.5 Å². The number of imidazole rings is 1. The maximum Gasteiger partial charge on any atom is 0.356 e. The van der Waals surface area contributed by atoms with Crippen LogP contribution in [0.3, 0.4) is 0 Å². The van der Waals surface area contributed by atoms with E-state index in [1.807, 2.05) is 16.7 Å². The second kappa shape index (κ2) is 7.94. The maximum atomic E-state index is 12.2. The molecule has 4 nitrogen and oxygen atoms in total. The number of rotatable bonds is 4. The number of carbonyl (C=O) groups is 1. The van der Waals surface area contributed by atoms with Gasteiger partial charge in [0, 0.05) is 6.20 Å². The largest absolute Gasteiger partial charge is 0.464 e.